The number of ether oxygens (including phenoxy) is 2. The van der Waals surface area contributed by atoms with Gasteiger partial charge in [0.25, 0.3) is 4.02 Å². The fourth-order valence-corrected chi connectivity index (χ4v) is 1.60. The van der Waals surface area contributed by atoms with Gasteiger partial charge in [-0.1, -0.05) is 11.3 Å². The van der Waals surface area contributed by atoms with Crippen LogP contribution in [0.4, 0.5) is 0 Å². The van der Waals surface area contributed by atoms with E-state index in [4.69, 9.17) is 21.4 Å². The molecule has 0 aliphatic carbocycles. The first-order valence-electron chi connectivity index (χ1n) is 2.95. The SMILES string of the molecule is COC(=O)c1sc(=S)oc1OC. The van der Waals surface area contributed by atoms with Crippen molar-refractivity contribution in [2.75, 3.05) is 14.2 Å². The second-order valence-corrected chi connectivity index (χ2v) is 3.38. The van der Waals surface area contributed by atoms with Gasteiger partial charge in [0.05, 0.1) is 14.2 Å². The van der Waals surface area contributed by atoms with Crippen molar-refractivity contribution < 1.29 is 18.7 Å². The standard InChI is InChI=1S/C6H6O4S2/c1-8-4(7)3-5(9-2)10-6(11)12-3/h1-2H3. The van der Waals surface area contributed by atoms with Crippen LogP contribution in [0.3, 0.4) is 0 Å². The molecule has 0 aliphatic rings. The van der Waals surface area contributed by atoms with Crippen LogP contribution >= 0.6 is 23.6 Å². The molecular weight excluding hydrogens is 200 g/mol. The van der Waals surface area contributed by atoms with E-state index >= 15 is 0 Å². The average molecular weight is 206 g/mol. The Kier molecular flexibility index (Phi) is 2.83. The Morgan fingerprint density at radius 3 is 2.75 bits per heavy atom. The highest BCUT2D eigenvalue weighted by molar-refractivity contribution is 7.73. The third kappa shape index (κ3) is 1.64. The molecule has 1 aromatic rings. The Balaban J connectivity index is 3.13. The van der Waals surface area contributed by atoms with E-state index in [-0.39, 0.29) is 14.8 Å². The largest absolute Gasteiger partial charge is 0.467 e. The summed E-state index contributed by atoms with van der Waals surface area (Å²) in [7, 11) is 2.68. The van der Waals surface area contributed by atoms with Crippen LogP contribution in [0, 0.1) is 4.02 Å². The van der Waals surface area contributed by atoms with E-state index in [1.807, 2.05) is 0 Å². The lowest BCUT2D eigenvalue weighted by Crippen LogP contribution is -1.99. The molecule has 0 fully saturated rings. The maximum absolute atomic E-state index is 11.0. The van der Waals surface area contributed by atoms with Crippen LogP contribution in [0.5, 0.6) is 5.95 Å². The smallest absolute Gasteiger partial charge is 0.355 e. The minimum Gasteiger partial charge on any atom is -0.467 e. The van der Waals surface area contributed by atoms with Gasteiger partial charge >= 0.3 is 11.9 Å². The summed E-state index contributed by atoms with van der Waals surface area (Å²) in [5, 5.41) is 0. The molecule has 0 radical (unpaired) electrons. The van der Waals surface area contributed by atoms with Gasteiger partial charge in [-0.2, -0.15) is 0 Å². The van der Waals surface area contributed by atoms with E-state index in [0.29, 0.717) is 0 Å². The normalized spacial score (nSPS) is 9.50. The molecular formula is C6H6O4S2. The van der Waals surface area contributed by atoms with Crippen molar-refractivity contribution in [1.82, 2.24) is 0 Å². The molecule has 0 aromatic carbocycles. The lowest BCUT2D eigenvalue weighted by atomic mass is 10.5. The van der Waals surface area contributed by atoms with Crippen LogP contribution in [0.2, 0.25) is 0 Å². The Morgan fingerprint density at radius 1 is 1.58 bits per heavy atom. The number of hydrogen-bond acceptors (Lipinski definition) is 6. The van der Waals surface area contributed by atoms with E-state index in [2.05, 4.69) is 4.74 Å². The summed E-state index contributed by atoms with van der Waals surface area (Å²) in [5.74, 6) is -0.395. The van der Waals surface area contributed by atoms with E-state index < -0.39 is 5.97 Å². The average Bonchev–Trinajstić information content (AvgIpc) is 2.45. The highest BCUT2D eigenvalue weighted by Crippen LogP contribution is 2.26. The maximum Gasteiger partial charge on any atom is 0.355 e. The summed E-state index contributed by atoms with van der Waals surface area (Å²) in [5.41, 5.74) is 0. The van der Waals surface area contributed by atoms with Gasteiger partial charge in [0.1, 0.15) is 0 Å². The number of rotatable bonds is 2. The van der Waals surface area contributed by atoms with Crippen molar-refractivity contribution in [3.8, 4) is 5.95 Å². The quantitative estimate of drug-likeness (QED) is 0.546. The first-order chi connectivity index (χ1) is 5.69. The van der Waals surface area contributed by atoms with Gasteiger partial charge < -0.3 is 13.9 Å². The molecule has 1 aromatic heterocycles. The molecule has 0 atom stereocenters. The number of carbonyl (C=O) groups is 1. The molecule has 0 saturated heterocycles. The summed E-state index contributed by atoms with van der Waals surface area (Å²) in [6.45, 7) is 0. The fourth-order valence-electron chi connectivity index (χ4n) is 0.620. The minimum atomic E-state index is -0.503. The van der Waals surface area contributed by atoms with Gasteiger partial charge in [-0.15, -0.1) is 0 Å². The molecule has 0 saturated carbocycles. The number of esters is 1. The molecule has 0 spiro atoms. The van der Waals surface area contributed by atoms with Crippen LogP contribution in [-0.4, -0.2) is 20.2 Å². The molecule has 1 heterocycles. The zero-order chi connectivity index (χ0) is 9.14. The second kappa shape index (κ2) is 3.68. The molecule has 0 aliphatic heterocycles. The summed E-state index contributed by atoms with van der Waals surface area (Å²) in [6, 6.07) is 0. The van der Waals surface area contributed by atoms with Crippen LogP contribution in [0.25, 0.3) is 0 Å². The third-order valence-electron chi connectivity index (χ3n) is 1.10. The number of carbonyl (C=O) groups excluding carboxylic acids is 1. The first kappa shape index (κ1) is 9.21. The van der Waals surface area contributed by atoms with Gasteiger partial charge in [0.2, 0.25) is 0 Å². The summed E-state index contributed by atoms with van der Waals surface area (Å²) < 4.78 is 14.4. The number of hydrogen-bond donors (Lipinski definition) is 0. The molecule has 4 nitrogen and oxygen atoms in total. The molecule has 66 valence electrons. The maximum atomic E-state index is 11.0. The molecule has 0 N–H and O–H groups in total. The third-order valence-corrected chi connectivity index (χ3v) is 2.22. The van der Waals surface area contributed by atoms with E-state index in [1.54, 1.807) is 0 Å². The Bertz CT molecular complexity index is 338. The molecule has 0 bridgehead atoms. The highest BCUT2D eigenvalue weighted by atomic mass is 32.1. The van der Waals surface area contributed by atoms with Crippen LogP contribution in [-0.2, 0) is 4.74 Å². The highest BCUT2D eigenvalue weighted by Gasteiger charge is 2.18. The predicted octanol–water partition coefficient (Wildman–Crippen LogP) is 1.87. The van der Waals surface area contributed by atoms with Crippen LogP contribution in [0.15, 0.2) is 4.42 Å². The van der Waals surface area contributed by atoms with Crippen LogP contribution < -0.4 is 4.74 Å². The first-order valence-corrected chi connectivity index (χ1v) is 4.17. The van der Waals surface area contributed by atoms with E-state index in [1.165, 1.54) is 14.2 Å². The molecule has 0 amide bonds. The summed E-state index contributed by atoms with van der Waals surface area (Å²) in [4.78, 5) is 11.3. The minimum absolute atomic E-state index is 0.108. The molecule has 6 heteroatoms. The predicted molar refractivity (Wildman–Crippen MR) is 45.3 cm³/mol. The second-order valence-electron chi connectivity index (χ2n) is 1.77. The Morgan fingerprint density at radius 2 is 2.25 bits per heavy atom. The van der Waals surface area contributed by atoms with Crippen LogP contribution in [0.1, 0.15) is 9.67 Å². The monoisotopic (exact) mass is 206 g/mol. The van der Waals surface area contributed by atoms with Crippen molar-refractivity contribution in [2.45, 2.75) is 0 Å². The molecule has 1 rings (SSSR count). The lowest BCUT2D eigenvalue weighted by molar-refractivity contribution is 0.0599. The Labute approximate surface area is 77.7 Å². The zero-order valence-electron chi connectivity index (χ0n) is 6.45. The fraction of sp³-hybridized carbons (Fsp3) is 0.333. The summed E-state index contributed by atoms with van der Waals surface area (Å²) >= 11 is 5.74. The summed E-state index contributed by atoms with van der Waals surface area (Å²) in [6.07, 6.45) is 0. The van der Waals surface area contributed by atoms with Gasteiger partial charge in [0, 0.05) is 0 Å². The van der Waals surface area contributed by atoms with Crippen molar-refractivity contribution in [1.29, 1.82) is 0 Å². The van der Waals surface area contributed by atoms with E-state index in [0.717, 1.165) is 11.3 Å². The van der Waals surface area contributed by atoms with Gasteiger partial charge in [-0.3, -0.25) is 0 Å². The van der Waals surface area contributed by atoms with Crippen molar-refractivity contribution in [3.63, 3.8) is 0 Å². The topological polar surface area (TPSA) is 48.7 Å². The number of methoxy groups -OCH3 is 2. The Hall–Kier alpha value is -0.880. The van der Waals surface area contributed by atoms with E-state index in [9.17, 15) is 4.79 Å². The lowest BCUT2D eigenvalue weighted by Gasteiger charge is -1.95. The van der Waals surface area contributed by atoms with Gasteiger partial charge in [0.15, 0.2) is 4.88 Å². The molecule has 0 unspecified atom stereocenters. The molecule has 12 heavy (non-hydrogen) atoms. The van der Waals surface area contributed by atoms with Crippen molar-refractivity contribution >= 4 is 29.5 Å². The van der Waals surface area contributed by atoms with Crippen molar-refractivity contribution in [3.05, 3.63) is 8.90 Å². The van der Waals surface area contributed by atoms with Crippen molar-refractivity contribution in [2.24, 2.45) is 0 Å². The van der Waals surface area contributed by atoms with Gasteiger partial charge in [-0.05, 0) is 12.2 Å². The zero-order valence-corrected chi connectivity index (χ0v) is 8.08. The van der Waals surface area contributed by atoms with Gasteiger partial charge in [-0.25, -0.2) is 4.79 Å².